The molecule has 0 aliphatic heterocycles. The Labute approximate surface area is 78.5 Å². The molecule has 0 heterocycles. The second-order valence-electron chi connectivity index (χ2n) is 2.68. The number of benzene rings is 1. The lowest BCUT2D eigenvalue weighted by Crippen LogP contribution is -1.94. The quantitative estimate of drug-likeness (QED) is 0.722. The van der Waals surface area contributed by atoms with Gasteiger partial charge in [0.05, 0.1) is 11.6 Å². The van der Waals surface area contributed by atoms with Crippen molar-refractivity contribution in [1.29, 1.82) is 5.26 Å². The van der Waals surface area contributed by atoms with E-state index in [0.29, 0.717) is 5.56 Å². The average molecular weight is 197 g/mol. The van der Waals surface area contributed by atoms with Crippen molar-refractivity contribution in [1.82, 2.24) is 0 Å². The van der Waals surface area contributed by atoms with Crippen LogP contribution in [0.25, 0.3) is 0 Å². The maximum Gasteiger partial charge on any atom is 0.124 e. The smallest absolute Gasteiger partial charge is 0.124 e. The Kier molecular flexibility index (Phi) is 3.15. The maximum atomic E-state index is 12.8. The summed E-state index contributed by atoms with van der Waals surface area (Å²) in [5, 5.41) is 8.53. The van der Waals surface area contributed by atoms with Crippen LogP contribution in [0.5, 0.6) is 0 Å². The van der Waals surface area contributed by atoms with Crippen molar-refractivity contribution >= 4 is 10.8 Å². The molecule has 4 heteroatoms. The van der Waals surface area contributed by atoms with Gasteiger partial charge in [-0.2, -0.15) is 5.26 Å². The third kappa shape index (κ3) is 2.96. The van der Waals surface area contributed by atoms with E-state index in [2.05, 4.69) is 0 Å². The van der Waals surface area contributed by atoms with Gasteiger partial charge in [0.15, 0.2) is 0 Å². The summed E-state index contributed by atoms with van der Waals surface area (Å²) in [6.45, 7) is 0. The summed E-state index contributed by atoms with van der Waals surface area (Å²) < 4.78 is 23.6. The fraction of sp³-hybridized carbons (Fsp3) is 0.222. The number of halogens is 1. The van der Waals surface area contributed by atoms with Crippen LogP contribution in [0.2, 0.25) is 0 Å². The van der Waals surface area contributed by atoms with Crippen LogP contribution in [0, 0.1) is 17.1 Å². The molecule has 0 N–H and O–H groups in total. The predicted molar refractivity (Wildman–Crippen MR) is 48.9 cm³/mol. The molecule has 0 bridgehead atoms. The van der Waals surface area contributed by atoms with Crippen LogP contribution in [-0.4, -0.2) is 10.5 Å². The van der Waals surface area contributed by atoms with Crippen molar-refractivity contribution in [3.05, 3.63) is 35.1 Å². The fourth-order valence-corrected chi connectivity index (χ4v) is 1.67. The predicted octanol–water partition coefficient (Wildman–Crippen LogP) is 1.58. The lowest BCUT2D eigenvalue weighted by Gasteiger charge is -1.99. The highest BCUT2D eigenvalue weighted by molar-refractivity contribution is 7.83. The first-order valence-corrected chi connectivity index (χ1v) is 5.34. The Morgan fingerprint density at radius 1 is 1.54 bits per heavy atom. The second kappa shape index (κ2) is 4.15. The molecule has 0 amide bonds. The van der Waals surface area contributed by atoms with Crippen molar-refractivity contribution in [2.75, 3.05) is 6.26 Å². The monoisotopic (exact) mass is 197 g/mol. The minimum atomic E-state index is -1.01. The van der Waals surface area contributed by atoms with Crippen molar-refractivity contribution in [2.24, 2.45) is 0 Å². The zero-order valence-electron chi connectivity index (χ0n) is 7.08. The van der Waals surface area contributed by atoms with Gasteiger partial charge in [-0.3, -0.25) is 4.21 Å². The van der Waals surface area contributed by atoms with E-state index in [4.69, 9.17) is 5.26 Å². The summed E-state index contributed by atoms with van der Waals surface area (Å²) in [5.41, 5.74) is 0.859. The zero-order valence-corrected chi connectivity index (χ0v) is 7.90. The fourth-order valence-electron chi connectivity index (χ4n) is 1.03. The van der Waals surface area contributed by atoms with Gasteiger partial charge in [-0.15, -0.1) is 0 Å². The number of hydrogen-bond donors (Lipinski definition) is 0. The number of nitriles is 1. The molecule has 13 heavy (non-hydrogen) atoms. The van der Waals surface area contributed by atoms with Crippen LogP contribution in [0.1, 0.15) is 11.1 Å². The summed E-state index contributed by atoms with van der Waals surface area (Å²) in [6, 6.07) is 5.84. The molecule has 68 valence electrons. The number of rotatable bonds is 2. The van der Waals surface area contributed by atoms with Gasteiger partial charge in [-0.1, -0.05) is 0 Å². The third-order valence-electron chi connectivity index (χ3n) is 1.46. The van der Waals surface area contributed by atoms with E-state index in [1.54, 1.807) is 6.07 Å². The maximum absolute atomic E-state index is 12.8. The van der Waals surface area contributed by atoms with Gasteiger partial charge in [0.2, 0.25) is 0 Å². The average Bonchev–Trinajstić information content (AvgIpc) is 2.01. The molecule has 0 saturated heterocycles. The van der Waals surface area contributed by atoms with Crippen LogP contribution in [0.4, 0.5) is 4.39 Å². The van der Waals surface area contributed by atoms with Crippen molar-refractivity contribution in [3.63, 3.8) is 0 Å². The van der Waals surface area contributed by atoms with Gasteiger partial charge in [0, 0.05) is 22.8 Å². The second-order valence-corrected chi connectivity index (χ2v) is 4.11. The van der Waals surface area contributed by atoms with Gasteiger partial charge in [0.1, 0.15) is 5.82 Å². The Morgan fingerprint density at radius 3 is 2.77 bits per heavy atom. The van der Waals surface area contributed by atoms with Gasteiger partial charge in [0.25, 0.3) is 0 Å². The molecule has 1 rings (SSSR count). The van der Waals surface area contributed by atoms with Gasteiger partial charge in [-0.25, -0.2) is 4.39 Å². The lowest BCUT2D eigenvalue weighted by molar-refractivity contribution is 0.626. The van der Waals surface area contributed by atoms with E-state index in [-0.39, 0.29) is 11.3 Å². The minimum absolute atomic E-state index is 0.264. The summed E-state index contributed by atoms with van der Waals surface area (Å²) in [4.78, 5) is 0. The Balaban J connectivity index is 3.03. The Bertz CT molecular complexity index is 384. The van der Waals surface area contributed by atoms with E-state index in [1.165, 1.54) is 12.3 Å². The first-order chi connectivity index (χ1) is 6.11. The summed E-state index contributed by atoms with van der Waals surface area (Å²) in [5.74, 6) is -0.175. The topological polar surface area (TPSA) is 40.9 Å². The van der Waals surface area contributed by atoms with Crippen LogP contribution in [0.15, 0.2) is 18.2 Å². The number of nitrogens with zero attached hydrogens (tertiary/aromatic N) is 1. The minimum Gasteiger partial charge on any atom is -0.260 e. The molecular weight excluding hydrogens is 189 g/mol. The Morgan fingerprint density at radius 2 is 2.23 bits per heavy atom. The first-order valence-electron chi connectivity index (χ1n) is 3.61. The molecule has 2 nitrogen and oxygen atoms in total. The molecular formula is C9H8FNOS. The highest BCUT2D eigenvalue weighted by atomic mass is 32.2. The Hall–Kier alpha value is -1.21. The van der Waals surface area contributed by atoms with E-state index in [1.807, 2.05) is 6.07 Å². The van der Waals surface area contributed by atoms with Crippen LogP contribution in [0.3, 0.4) is 0 Å². The molecule has 1 aromatic carbocycles. The summed E-state index contributed by atoms with van der Waals surface area (Å²) >= 11 is 0. The van der Waals surface area contributed by atoms with Gasteiger partial charge < -0.3 is 0 Å². The van der Waals surface area contributed by atoms with Crippen LogP contribution in [-0.2, 0) is 16.6 Å². The molecule has 0 aliphatic carbocycles. The standard InChI is InChI=1S/C9H8FNOS/c1-13(12)6-8-2-7(5-11)3-9(10)4-8/h2-4H,6H2,1H3. The van der Waals surface area contributed by atoms with Crippen LogP contribution >= 0.6 is 0 Å². The van der Waals surface area contributed by atoms with Crippen LogP contribution < -0.4 is 0 Å². The molecule has 1 unspecified atom stereocenters. The highest BCUT2D eigenvalue weighted by Crippen LogP contribution is 2.09. The van der Waals surface area contributed by atoms with Gasteiger partial charge in [-0.05, 0) is 23.8 Å². The molecule has 0 saturated carbocycles. The molecule has 0 aromatic heterocycles. The highest BCUT2D eigenvalue weighted by Gasteiger charge is 2.01. The lowest BCUT2D eigenvalue weighted by atomic mass is 10.1. The molecule has 0 aliphatic rings. The van der Waals surface area contributed by atoms with E-state index in [9.17, 15) is 8.60 Å². The van der Waals surface area contributed by atoms with Gasteiger partial charge >= 0.3 is 0 Å². The molecule has 0 radical (unpaired) electrons. The molecule has 0 spiro atoms. The SMILES string of the molecule is CS(=O)Cc1cc(F)cc(C#N)c1. The largest absolute Gasteiger partial charge is 0.260 e. The van der Waals surface area contributed by atoms with E-state index < -0.39 is 16.6 Å². The third-order valence-corrected chi connectivity index (χ3v) is 2.20. The van der Waals surface area contributed by atoms with Crippen molar-refractivity contribution in [2.45, 2.75) is 5.75 Å². The number of hydrogen-bond acceptors (Lipinski definition) is 2. The first kappa shape index (κ1) is 9.87. The summed E-state index contributed by atoms with van der Waals surface area (Å²) in [6.07, 6.45) is 1.54. The normalized spacial score (nSPS) is 12.1. The summed E-state index contributed by atoms with van der Waals surface area (Å²) in [7, 11) is -1.01. The van der Waals surface area contributed by atoms with E-state index in [0.717, 1.165) is 6.07 Å². The molecule has 0 fully saturated rings. The molecule has 1 aromatic rings. The zero-order chi connectivity index (χ0) is 9.84. The molecule has 1 atom stereocenters. The van der Waals surface area contributed by atoms with Crippen molar-refractivity contribution < 1.29 is 8.60 Å². The van der Waals surface area contributed by atoms with E-state index >= 15 is 0 Å². The van der Waals surface area contributed by atoms with Crippen molar-refractivity contribution in [3.8, 4) is 6.07 Å².